The van der Waals surface area contributed by atoms with E-state index in [1.807, 2.05) is 53.9 Å². The molecule has 3 aliphatic rings. The lowest BCUT2D eigenvalue weighted by molar-refractivity contribution is -0.150. The van der Waals surface area contributed by atoms with Gasteiger partial charge in [-0.2, -0.15) is 4.98 Å². The molecule has 2 saturated heterocycles. The van der Waals surface area contributed by atoms with Gasteiger partial charge in [0.2, 0.25) is 23.7 Å². The fourth-order valence-electron chi connectivity index (χ4n) is 8.19. The second-order valence-electron chi connectivity index (χ2n) is 18.3. The number of likely N-dealkylation sites (tertiary alicyclic amines) is 1. The molecule has 0 aliphatic carbocycles. The van der Waals surface area contributed by atoms with Crippen LogP contribution in [0.4, 0.5) is 27.9 Å². The molecule has 2 fully saturated rings. The zero-order valence-corrected chi connectivity index (χ0v) is 37.9. The predicted molar refractivity (Wildman–Crippen MR) is 237 cm³/mol. The lowest BCUT2D eigenvalue weighted by Gasteiger charge is -2.46. The highest BCUT2D eigenvalue weighted by atomic mass is 16.5. The minimum absolute atomic E-state index is 0.165. The quantitative estimate of drug-likeness (QED) is 0.170. The minimum atomic E-state index is -1.28. The first-order chi connectivity index (χ1) is 29.2. The molecule has 5 atom stereocenters. The number of amides is 6. The number of ether oxygens (including phenoxy) is 1. The maximum absolute atomic E-state index is 14.3. The van der Waals surface area contributed by atoms with E-state index in [-0.39, 0.29) is 54.1 Å². The zero-order chi connectivity index (χ0) is 45.2. The third-order valence-corrected chi connectivity index (χ3v) is 11.9. The Bertz CT molecular complexity index is 2160. The van der Waals surface area contributed by atoms with Crippen LogP contribution in [0.3, 0.4) is 0 Å². The van der Waals surface area contributed by atoms with Crippen molar-refractivity contribution in [1.82, 2.24) is 40.7 Å². The van der Waals surface area contributed by atoms with Crippen molar-refractivity contribution in [3.05, 3.63) is 65.1 Å². The summed E-state index contributed by atoms with van der Waals surface area (Å²) in [5.74, 6) is -0.881. The molecule has 5 heterocycles. The highest BCUT2D eigenvalue weighted by molar-refractivity contribution is 6.07. The number of carbonyl (C=O) groups excluding carboxylic acids is 5. The molecule has 62 heavy (non-hydrogen) atoms. The maximum atomic E-state index is 14.3. The van der Waals surface area contributed by atoms with Crippen LogP contribution in [0.2, 0.25) is 0 Å². The summed E-state index contributed by atoms with van der Waals surface area (Å²) < 4.78 is 5.92. The summed E-state index contributed by atoms with van der Waals surface area (Å²) in [6.45, 7) is 16.0. The number of carbonyl (C=O) groups is 5. The molecule has 3 aromatic rings. The number of rotatable bonds is 15. The van der Waals surface area contributed by atoms with Crippen LogP contribution < -0.4 is 31.1 Å². The molecule has 6 rings (SSSR count). The molecular weight excluding hydrogens is 791 g/mol. The molecule has 0 saturated carbocycles. The van der Waals surface area contributed by atoms with Crippen LogP contribution >= 0.6 is 0 Å². The average Bonchev–Trinajstić information content (AvgIpc) is 3.69. The van der Waals surface area contributed by atoms with E-state index in [1.165, 1.54) is 9.80 Å². The number of hydrogen-bond donors (Lipinski definition) is 4. The number of fused-ring (bicyclic) bond motifs is 1. The van der Waals surface area contributed by atoms with Crippen molar-refractivity contribution >= 4 is 52.8 Å². The standard InChI is InChI=1S/C45H63N11O6/c1-25(2)19-32(37-35(24-62-37)53(9)10)49-42(60)45(7,8)52-40(58)33-13-12-18-55(33)41(59)36(26(3)4)50-39(57)29-16-14-27(5)34(20-29)56-23-30-21-47-43(51-38(30)54(11)44(56)61)48-31-17-15-28(6)46-22-31/h14-17,20-22,25-26,32-33,35-37H,12-13,18-19,23-24H2,1-11H3,(H,49,60)(H,50,57)(H,52,58)(H,47,48,51)/t32-,33+,35?,36-,37?/m0/s1. The smallest absolute Gasteiger partial charge is 0.330 e. The number of aromatic nitrogens is 3. The third kappa shape index (κ3) is 9.99. The monoisotopic (exact) mass is 853 g/mol. The summed E-state index contributed by atoms with van der Waals surface area (Å²) in [5.41, 5.74) is 2.57. The Balaban J connectivity index is 1.12. The summed E-state index contributed by atoms with van der Waals surface area (Å²) >= 11 is 0. The van der Waals surface area contributed by atoms with Crippen molar-refractivity contribution in [2.24, 2.45) is 11.8 Å². The van der Waals surface area contributed by atoms with Crippen LogP contribution in [0.25, 0.3) is 0 Å². The Morgan fingerprint density at radius 1 is 1.00 bits per heavy atom. The molecule has 1 aromatic carbocycles. The predicted octanol–water partition coefficient (Wildman–Crippen LogP) is 4.31. The fraction of sp³-hybridized carbons (Fsp3) is 0.556. The van der Waals surface area contributed by atoms with Crippen LogP contribution in [-0.2, 0) is 25.7 Å². The number of nitrogens with zero attached hydrogens (tertiary/aromatic N) is 7. The Kier molecular flexibility index (Phi) is 13.9. The second-order valence-corrected chi connectivity index (χ2v) is 18.3. The SMILES string of the molecule is Cc1ccc(Nc2ncc3c(n2)N(C)C(=O)N(c2cc(C(=O)N[C@H](C(=O)N4CCC[C@@H]4C(=O)NC(C)(C)C(=O)N[C@@H](CC(C)C)C4OCC4N(C)C)C(C)C)ccc2C)C3)cn1. The Morgan fingerprint density at radius 2 is 1.74 bits per heavy atom. The van der Waals surface area contributed by atoms with Gasteiger partial charge >= 0.3 is 6.03 Å². The number of hydrogen-bond acceptors (Lipinski definition) is 11. The van der Waals surface area contributed by atoms with Gasteiger partial charge in [-0.25, -0.2) is 9.78 Å². The van der Waals surface area contributed by atoms with Crippen LogP contribution in [0.5, 0.6) is 0 Å². The van der Waals surface area contributed by atoms with Gasteiger partial charge in [-0.15, -0.1) is 0 Å². The lowest BCUT2D eigenvalue weighted by Crippen LogP contribution is -2.66. The zero-order valence-electron chi connectivity index (χ0n) is 37.9. The van der Waals surface area contributed by atoms with Gasteiger partial charge in [0.25, 0.3) is 5.91 Å². The summed E-state index contributed by atoms with van der Waals surface area (Å²) in [7, 11) is 5.63. The normalized spacial score (nSPS) is 19.9. The molecular formula is C45H63N11O6. The summed E-state index contributed by atoms with van der Waals surface area (Å²) in [4.78, 5) is 89.8. The van der Waals surface area contributed by atoms with Crippen LogP contribution in [0.15, 0.2) is 42.7 Å². The fourth-order valence-corrected chi connectivity index (χ4v) is 8.19. The van der Waals surface area contributed by atoms with Crippen molar-refractivity contribution in [2.45, 2.75) is 117 Å². The highest BCUT2D eigenvalue weighted by Crippen LogP contribution is 2.33. The summed E-state index contributed by atoms with van der Waals surface area (Å²) in [6.07, 6.45) is 4.91. The van der Waals surface area contributed by atoms with Gasteiger partial charge in [0, 0.05) is 42.3 Å². The van der Waals surface area contributed by atoms with Crippen molar-refractivity contribution in [2.75, 3.05) is 49.4 Å². The van der Waals surface area contributed by atoms with E-state index in [0.29, 0.717) is 67.0 Å². The molecule has 3 aliphatic heterocycles. The van der Waals surface area contributed by atoms with Gasteiger partial charge in [0.05, 0.1) is 43.2 Å². The Labute approximate surface area is 364 Å². The van der Waals surface area contributed by atoms with Gasteiger partial charge in [0.15, 0.2) is 0 Å². The van der Waals surface area contributed by atoms with E-state index in [2.05, 4.69) is 55.0 Å². The van der Waals surface area contributed by atoms with Gasteiger partial charge in [-0.3, -0.25) is 34.0 Å². The molecule has 0 spiro atoms. The molecule has 4 N–H and O–H groups in total. The third-order valence-electron chi connectivity index (χ3n) is 11.9. The van der Waals surface area contributed by atoms with Crippen LogP contribution in [-0.4, -0.2) is 125 Å². The highest BCUT2D eigenvalue weighted by Gasteiger charge is 2.44. The number of urea groups is 1. The summed E-state index contributed by atoms with van der Waals surface area (Å²) in [5, 5.41) is 12.1. The molecule has 0 radical (unpaired) electrons. The number of aryl methyl sites for hydroxylation is 2. The molecule has 6 amide bonds. The topological polar surface area (TPSA) is 194 Å². The van der Waals surface area contributed by atoms with Gasteiger partial charge in [0.1, 0.15) is 23.4 Å². The van der Waals surface area contributed by atoms with E-state index >= 15 is 0 Å². The molecule has 334 valence electrons. The van der Waals surface area contributed by atoms with Crippen molar-refractivity contribution < 1.29 is 28.7 Å². The first-order valence-electron chi connectivity index (χ1n) is 21.5. The lowest BCUT2D eigenvalue weighted by atomic mass is 9.90. The largest absolute Gasteiger partial charge is 0.373 e. The van der Waals surface area contributed by atoms with Crippen molar-refractivity contribution in [3.8, 4) is 0 Å². The minimum Gasteiger partial charge on any atom is -0.373 e. The number of benzene rings is 1. The molecule has 2 aromatic heterocycles. The average molecular weight is 854 g/mol. The number of anilines is 4. The molecule has 0 bridgehead atoms. The number of pyridine rings is 1. The molecule has 17 nitrogen and oxygen atoms in total. The van der Waals surface area contributed by atoms with Crippen molar-refractivity contribution in [3.63, 3.8) is 0 Å². The number of likely N-dealkylation sites (N-methyl/N-ethyl adjacent to an activating group) is 1. The van der Waals surface area contributed by atoms with E-state index < -0.39 is 29.4 Å². The van der Waals surface area contributed by atoms with E-state index in [1.54, 1.807) is 56.4 Å². The molecule has 2 unspecified atom stereocenters. The molecule has 17 heteroatoms. The summed E-state index contributed by atoms with van der Waals surface area (Å²) in [6, 6.07) is 6.64. The number of nitrogens with one attached hydrogen (secondary N) is 4. The first-order valence-corrected chi connectivity index (χ1v) is 21.5. The second kappa shape index (κ2) is 18.7. The van der Waals surface area contributed by atoms with Gasteiger partial charge < -0.3 is 35.8 Å². The van der Waals surface area contributed by atoms with E-state index in [9.17, 15) is 24.0 Å². The maximum Gasteiger partial charge on any atom is 0.330 e. The van der Waals surface area contributed by atoms with Gasteiger partial charge in [-0.05, 0) is 103 Å². The van der Waals surface area contributed by atoms with Crippen molar-refractivity contribution in [1.29, 1.82) is 0 Å². The van der Waals surface area contributed by atoms with E-state index in [4.69, 9.17) is 4.74 Å². The van der Waals surface area contributed by atoms with Crippen LogP contribution in [0.1, 0.15) is 88.0 Å². The Hall–Kier alpha value is -5.68. The van der Waals surface area contributed by atoms with Crippen LogP contribution in [0, 0.1) is 25.7 Å². The van der Waals surface area contributed by atoms with E-state index in [0.717, 1.165) is 11.3 Å². The first kappa shape index (κ1) is 45.8. The van der Waals surface area contributed by atoms with Gasteiger partial charge in [-0.1, -0.05) is 33.8 Å². The Morgan fingerprint density at radius 3 is 2.37 bits per heavy atom.